The van der Waals surface area contributed by atoms with E-state index >= 15 is 0 Å². The standard InChI is InChI=1S/C16H18BrNO/c1-10-4-6-13(11(2)8-10)16(18)14-7-5-12(19-3)9-15(14)17/h4-9,16H,18H2,1-3H3. The summed E-state index contributed by atoms with van der Waals surface area (Å²) >= 11 is 3.56. The SMILES string of the molecule is COc1ccc(C(N)c2ccc(C)cc2C)c(Br)c1. The highest BCUT2D eigenvalue weighted by molar-refractivity contribution is 9.10. The quantitative estimate of drug-likeness (QED) is 0.923. The molecule has 0 saturated carbocycles. The zero-order chi connectivity index (χ0) is 14.0. The number of hydrogen-bond donors (Lipinski definition) is 1. The number of nitrogens with two attached hydrogens (primary N) is 1. The molecule has 2 rings (SSSR count). The molecule has 0 aliphatic carbocycles. The molecule has 2 aromatic carbocycles. The maximum atomic E-state index is 6.39. The van der Waals surface area contributed by atoms with Crippen molar-refractivity contribution in [1.82, 2.24) is 0 Å². The van der Waals surface area contributed by atoms with Crippen LogP contribution in [0.25, 0.3) is 0 Å². The van der Waals surface area contributed by atoms with Gasteiger partial charge in [0.1, 0.15) is 5.75 Å². The predicted molar refractivity (Wildman–Crippen MR) is 82.6 cm³/mol. The highest BCUT2D eigenvalue weighted by Crippen LogP contribution is 2.31. The van der Waals surface area contributed by atoms with E-state index in [1.807, 2.05) is 18.2 Å². The average molecular weight is 320 g/mol. The third kappa shape index (κ3) is 2.99. The lowest BCUT2D eigenvalue weighted by Gasteiger charge is -2.17. The van der Waals surface area contributed by atoms with Crippen LogP contribution in [-0.2, 0) is 0 Å². The Morgan fingerprint density at radius 3 is 2.32 bits per heavy atom. The minimum atomic E-state index is -0.138. The summed E-state index contributed by atoms with van der Waals surface area (Å²) in [5.74, 6) is 0.823. The molecule has 1 unspecified atom stereocenters. The monoisotopic (exact) mass is 319 g/mol. The first kappa shape index (κ1) is 14.1. The molecule has 2 N–H and O–H groups in total. The van der Waals surface area contributed by atoms with E-state index in [9.17, 15) is 0 Å². The molecule has 1 atom stereocenters. The smallest absolute Gasteiger partial charge is 0.120 e. The zero-order valence-corrected chi connectivity index (χ0v) is 13.0. The van der Waals surface area contributed by atoms with Crippen molar-refractivity contribution >= 4 is 15.9 Å². The summed E-state index contributed by atoms with van der Waals surface area (Å²) in [5, 5.41) is 0. The molecule has 2 aromatic rings. The molecule has 0 aromatic heterocycles. The number of methoxy groups -OCH3 is 1. The van der Waals surface area contributed by atoms with Crippen LogP contribution in [0.5, 0.6) is 5.75 Å². The average Bonchev–Trinajstić information content (AvgIpc) is 2.37. The van der Waals surface area contributed by atoms with Crippen molar-refractivity contribution in [2.24, 2.45) is 5.73 Å². The second-order valence-electron chi connectivity index (χ2n) is 4.73. The summed E-state index contributed by atoms with van der Waals surface area (Å²) in [6, 6.07) is 12.1. The van der Waals surface area contributed by atoms with Crippen LogP contribution in [0.1, 0.15) is 28.3 Å². The van der Waals surface area contributed by atoms with Crippen LogP contribution in [0.3, 0.4) is 0 Å². The molecule has 0 bridgehead atoms. The van der Waals surface area contributed by atoms with Crippen LogP contribution in [0.2, 0.25) is 0 Å². The zero-order valence-electron chi connectivity index (χ0n) is 11.4. The van der Waals surface area contributed by atoms with Crippen LogP contribution in [0.4, 0.5) is 0 Å². The van der Waals surface area contributed by atoms with Gasteiger partial charge in [-0.25, -0.2) is 0 Å². The second kappa shape index (κ2) is 5.76. The highest BCUT2D eigenvalue weighted by atomic mass is 79.9. The lowest BCUT2D eigenvalue weighted by molar-refractivity contribution is 0.414. The Morgan fingerprint density at radius 2 is 1.74 bits per heavy atom. The Balaban J connectivity index is 2.41. The summed E-state index contributed by atoms with van der Waals surface area (Å²) in [6.07, 6.45) is 0. The number of halogens is 1. The van der Waals surface area contributed by atoms with E-state index in [0.29, 0.717) is 0 Å². The van der Waals surface area contributed by atoms with Gasteiger partial charge in [0.15, 0.2) is 0 Å². The Morgan fingerprint density at radius 1 is 1.05 bits per heavy atom. The van der Waals surface area contributed by atoms with Gasteiger partial charge in [-0.2, -0.15) is 0 Å². The molecule has 2 nitrogen and oxygen atoms in total. The summed E-state index contributed by atoms with van der Waals surface area (Å²) in [4.78, 5) is 0. The first-order valence-electron chi connectivity index (χ1n) is 6.19. The molecule has 3 heteroatoms. The molecule has 0 heterocycles. The van der Waals surface area contributed by atoms with Gasteiger partial charge in [-0.3, -0.25) is 0 Å². The van der Waals surface area contributed by atoms with Gasteiger partial charge in [-0.15, -0.1) is 0 Å². The Kier molecular flexibility index (Phi) is 4.27. The molecule has 0 fully saturated rings. The van der Waals surface area contributed by atoms with Crippen molar-refractivity contribution in [2.45, 2.75) is 19.9 Å². The highest BCUT2D eigenvalue weighted by Gasteiger charge is 2.14. The molecule has 0 saturated heterocycles. The van der Waals surface area contributed by atoms with Gasteiger partial charge < -0.3 is 10.5 Å². The van der Waals surface area contributed by atoms with Crippen molar-refractivity contribution < 1.29 is 4.74 Å². The van der Waals surface area contributed by atoms with Gasteiger partial charge >= 0.3 is 0 Å². The van der Waals surface area contributed by atoms with E-state index in [1.165, 1.54) is 11.1 Å². The normalized spacial score (nSPS) is 12.3. The topological polar surface area (TPSA) is 35.2 Å². The van der Waals surface area contributed by atoms with Crippen LogP contribution in [-0.4, -0.2) is 7.11 Å². The maximum Gasteiger partial charge on any atom is 0.120 e. The number of hydrogen-bond acceptors (Lipinski definition) is 2. The van der Waals surface area contributed by atoms with E-state index in [1.54, 1.807) is 7.11 Å². The maximum absolute atomic E-state index is 6.39. The van der Waals surface area contributed by atoms with Crippen LogP contribution in [0.15, 0.2) is 40.9 Å². The largest absolute Gasteiger partial charge is 0.497 e. The molecular weight excluding hydrogens is 302 g/mol. The molecule has 0 radical (unpaired) electrons. The Bertz CT molecular complexity index is 595. The van der Waals surface area contributed by atoms with Gasteiger partial charge in [0, 0.05) is 4.47 Å². The van der Waals surface area contributed by atoms with E-state index in [0.717, 1.165) is 21.3 Å². The molecule has 0 amide bonds. The third-order valence-electron chi connectivity index (χ3n) is 3.30. The Hall–Kier alpha value is -1.32. The Labute approximate surface area is 122 Å². The molecular formula is C16H18BrNO. The van der Waals surface area contributed by atoms with Crippen LogP contribution in [0, 0.1) is 13.8 Å². The minimum absolute atomic E-state index is 0.138. The molecule has 0 aliphatic heterocycles. The summed E-state index contributed by atoms with van der Waals surface area (Å²) in [5.41, 5.74) is 11.1. The summed E-state index contributed by atoms with van der Waals surface area (Å²) in [6.45, 7) is 4.19. The molecule has 100 valence electrons. The lowest BCUT2D eigenvalue weighted by Crippen LogP contribution is -2.14. The van der Waals surface area contributed by atoms with Gasteiger partial charge in [-0.1, -0.05) is 45.8 Å². The molecule has 0 aliphatic rings. The number of rotatable bonds is 3. The van der Waals surface area contributed by atoms with E-state index in [-0.39, 0.29) is 6.04 Å². The molecule has 19 heavy (non-hydrogen) atoms. The first-order chi connectivity index (χ1) is 9.02. The van der Waals surface area contributed by atoms with Gasteiger partial charge in [-0.05, 0) is 42.7 Å². The van der Waals surface area contributed by atoms with E-state index in [2.05, 4.69) is 48.0 Å². The van der Waals surface area contributed by atoms with Crippen molar-refractivity contribution in [3.05, 3.63) is 63.1 Å². The fraction of sp³-hybridized carbons (Fsp3) is 0.250. The van der Waals surface area contributed by atoms with E-state index < -0.39 is 0 Å². The fourth-order valence-electron chi connectivity index (χ4n) is 2.23. The van der Waals surface area contributed by atoms with Crippen molar-refractivity contribution in [2.75, 3.05) is 7.11 Å². The van der Waals surface area contributed by atoms with Crippen LogP contribution < -0.4 is 10.5 Å². The fourth-order valence-corrected chi connectivity index (χ4v) is 2.83. The third-order valence-corrected chi connectivity index (χ3v) is 3.99. The number of benzene rings is 2. The summed E-state index contributed by atoms with van der Waals surface area (Å²) in [7, 11) is 1.66. The van der Waals surface area contributed by atoms with Gasteiger partial charge in [0.25, 0.3) is 0 Å². The second-order valence-corrected chi connectivity index (χ2v) is 5.58. The number of aryl methyl sites for hydroxylation is 2. The first-order valence-corrected chi connectivity index (χ1v) is 6.98. The van der Waals surface area contributed by atoms with Crippen LogP contribution >= 0.6 is 15.9 Å². The lowest BCUT2D eigenvalue weighted by atomic mass is 9.94. The minimum Gasteiger partial charge on any atom is -0.497 e. The molecule has 0 spiro atoms. The summed E-state index contributed by atoms with van der Waals surface area (Å²) < 4.78 is 6.18. The van der Waals surface area contributed by atoms with Crippen molar-refractivity contribution in [1.29, 1.82) is 0 Å². The van der Waals surface area contributed by atoms with Crippen molar-refractivity contribution in [3.63, 3.8) is 0 Å². The van der Waals surface area contributed by atoms with Crippen molar-refractivity contribution in [3.8, 4) is 5.75 Å². The predicted octanol–water partition coefficient (Wildman–Crippen LogP) is 4.12. The number of ether oxygens (including phenoxy) is 1. The van der Waals surface area contributed by atoms with Gasteiger partial charge in [0.2, 0.25) is 0 Å². The van der Waals surface area contributed by atoms with Gasteiger partial charge in [0.05, 0.1) is 13.2 Å². The van der Waals surface area contributed by atoms with E-state index in [4.69, 9.17) is 10.5 Å².